The van der Waals surface area contributed by atoms with E-state index in [-0.39, 0.29) is 5.97 Å². The average Bonchev–Trinajstić information content (AvgIpc) is 2.83. The minimum absolute atomic E-state index is 0.204. The highest BCUT2D eigenvalue weighted by atomic mass is 16.5. The van der Waals surface area contributed by atoms with E-state index in [0.29, 0.717) is 0 Å². The van der Waals surface area contributed by atoms with Crippen molar-refractivity contribution in [2.45, 2.75) is 45.1 Å². The van der Waals surface area contributed by atoms with Gasteiger partial charge in [0.25, 0.3) is 0 Å². The third-order valence-corrected chi connectivity index (χ3v) is 4.25. The number of carbonyl (C=O) groups excluding carboxylic acids is 1. The number of fused-ring (bicyclic) bond motifs is 1. The molecular formula is C14H23NO2. The summed E-state index contributed by atoms with van der Waals surface area (Å²) in [5.74, 6) is 0.709. The van der Waals surface area contributed by atoms with Crippen molar-refractivity contribution in [3.05, 3.63) is 11.6 Å². The number of rotatable bonds is 3. The van der Waals surface area contributed by atoms with Crippen molar-refractivity contribution in [2.75, 3.05) is 20.2 Å². The summed E-state index contributed by atoms with van der Waals surface area (Å²) in [5.41, 5.74) is 0.729. The molecule has 2 atom stereocenters. The molecule has 0 aromatic carbocycles. The lowest BCUT2D eigenvalue weighted by atomic mass is 9.92. The number of methoxy groups -OCH3 is 1. The van der Waals surface area contributed by atoms with Crippen molar-refractivity contribution < 1.29 is 9.53 Å². The number of ether oxygens (including phenoxy) is 1. The summed E-state index contributed by atoms with van der Waals surface area (Å²) < 4.78 is 4.71. The molecule has 2 rings (SSSR count). The normalized spacial score (nSPS) is 30.1. The molecule has 2 unspecified atom stereocenters. The van der Waals surface area contributed by atoms with Crippen LogP contribution in [0.5, 0.6) is 0 Å². The molecule has 0 amide bonds. The molecule has 1 saturated carbocycles. The van der Waals surface area contributed by atoms with E-state index in [4.69, 9.17) is 4.74 Å². The van der Waals surface area contributed by atoms with E-state index in [1.165, 1.54) is 45.8 Å². The predicted molar refractivity (Wildman–Crippen MR) is 67.7 cm³/mol. The Hall–Kier alpha value is -0.830. The molecule has 2 fully saturated rings. The molecule has 96 valence electrons. The quantitative estimate of drug-likeness (QED) is 0.557. The summed E-state index contributed by atoms with van der Waals surface area (Å²) in [5, 5.41) is 0. The molecule has 1 aliphatic heterocycles. The van der Waals surface area contributed by atoms with Crippen LogP contribution < -0.4 is 0 Å². The van der Waals surface area contributed by atoms with Crippen molar-refractivity contribution in [1.29, 1.82) is 0 Å². The van der Waals surface area contributed by atoms with Gasteiger partial charge in [-0.15, -0.1) is 0 Å². The van der Waals surface area contributed by atoms with Crippen molar-refractivity contribution in [1.82, 2.24) is 4.90 Å². The van der Waals surface area contributed by atoms with E-state index in [9.17, 15) is 4.79 Å². The predicted octanol–water partition coefficient (Wildman–Crippen LogP) is 2.37. The van der Waals surface area contributed by atoms with Crippen molar-refractivity contribution in [3.8, 4) is 0 Å². The monoisotopic (exact) mass is 237 g/mol. The molecule has 3 heteroatoms. The SMILES string of the molecule is COC(=O)C(C)=CCN1CCCC2CCCC21. The molecule has 3 nitrogen and oxygen atoms in total. The Labute approximate surface area is 104 Å². The molecule has 0 radical (unpaired) electrons. The molecule has 0 spiro atoms. The maximum absolute atomic E-state index is 11.3. The van der Waals surface area contributed by atoms with Crippen LogP contribution in [-0.2, 0) is 9.53 Å². The Kier molecular flexibility index (Phi) is 4.21. The maximum atomic E-state index is 11.3. The first-order chi connectivity index (χ1) is 8.22. The number of piperidine rings is 1. The van der Waals surface area contributed by atoms with Gasteiger partial charge in [0.2, 0.25) is 0 Å². The van der Waals surface area contributed by atoms with Gasteiger partial charge in [-0.25, -0.2) is 4.79 Å². The molecule has 1 heterocycles. The lowest BCUT2D eigenvalue weighted by molar-refractivity contribution is -0.136. The molecule has 0 aromatic rings. The Morgan fingerprint density at radius 2 is 2.12 bits per heavy atom. The first-order valence-electron chi connectivity index (χ1n) is 6.71. The maximum Gasteiger partial charge on any atom is 0.333 e. The summed E-state index contributed by atoms with van der Waals surface area (Å²) in [6, 6.07) is 0.769. The van der Waals surface area contributed by atoms with Gasteiger partial charge in [0.1, 0.15) is 0 Å². The van der Waals surface area contributed by atoms with Gasteiger partial charge in [0.05, 0.1) is 7.11 Å². The topological polar surface area (TPSA) is 29.5 Å². The van der Waals surface area contributed by atoms with E-state index in [1.54, 1.807) is 0 Å². The lowest BCUT2D eigenvalue weighted by Crippen LogP contribution is -2.42. The smallest absolute Gasteiger partial charge is 0.333 e. The van der Waals surface area contributed by atoms with E-state index < -0.39 is 0 Å². The van der Waals surface area contributed by atoms with Gasteiger partial charge in [-0.1, -0.05) is 12.5 Å². The molecule has 17 heavy (non-hydrogen) atoms. The Morgan fingerprint density at radius 1 is 1.35 bits per heavy atom. The Bertz CT molecular complexity index is 311. The zero-order chi connectivity index (χ0) is 12.3. The molecule has 2 aliphatic rings. The highest BCUT2D eigenvalue weighted by molar-refractivity contribution is 5.87. The zero-order valence-corrected chi connectivity index (χ0v) is 10.9. The highest BCUT2D eigenvalue weighted by Crippen LogP contribution is 2.36. The van der Waals surface area contributed by atoms with Crippen molar-refractivity contribution in [3.63, 3.8) is 0 Å². The van der Waals surface area contributed by atoms with Crippen molar-refractivity contribution in [2.24, 2.45) is 5.92 Å². The van der Waals surface area contributed by atoms with Crippen LogP contribution in [0.2, 0.25) is 0 Å². The molecule has 1 saturated heterocycles. The van der Waals surface area contributed by atoms with Crippen LogP contribution in [0.4, 0.5) is 0 Å². The fourth-order valence-electron chi connectivity index (χ4n) is 3.28. The van der Waals surface area contributed by atoms with Gasteiger partial charge in [0, 0.05) is 18.2 Å². The van der Waals surface area contributed by atoms with Gasteiger partial charge in [-0.05, 0) is 45.1 Å². The van der Waals surface area contributed by atoms with E-state index in [2.05, 4.69) is 4.90 Å². The minimum atomic E-state index is -0.204. The van der Waals surface area contributed by atoms with Gasteiger partial charge in [0.15, 0.2) is 0 Å². The summed E-state index contributed by atoms with van der Waals surface area (Å²) in [6.07, 6.45) is 8.86. The van der Waals surface area contributed by atoms with Crippen LogP contribution in [0.15, 0.2) is 11.6 Å². The van der Waals surface area contributed by atoms with Gasteiger partial charge < -0.3 is 4.74 Å². The van der Waals surface area contributed by atoms with E-state index in [1.807, 2.05) is 13.0 Å². The standard InChI is InChI=1S/C14H23NO2/c1-11(14(16)17-2)8-10-15-9-4-6-12-5-3-7-13(12)15/h8,12-13H,3-7,9-10H2,1-2H3. The van der Waals surface area contributed by atoms with Crippen LogP contribution in [0.25, 0.3) is 0 Å². The molecule has 1 aliphatic carbocycles. The lowest BCUT2D eigenvalue weighted by Gasteiger charge is -2.37. The number of likely N-dealkylation sites (tertiary alicyclic amines) is 1. The summed E-state index contributed by atoms with van der Waals surface area (Å²) in [7, 11) is 1.44. The van der Waals surface area contributed by atoms with Gasteiger partial charge in [-0.3, -0.25) is 4.90 Å². The number of carbonyl (C=O) groups is 1. The van der Waals surface area contributed by atoms with Crippen LogP contribution in [0.3, 0.4) is 0 Å². The van der Waals surface area contributed by atoms with Crippen LogP contribution in [0.1, 0.15) is 39.0 Å². The largest absolute Gasteiger partial charge is 0.466 e. The molecule has 0 bridgehead atoms. The first kappa shape index (κ1) is 12.6. The summed E-state index contributed by atoms with van der Waals surface area (Å²) >= 11 is 0. The number of hydrogen-bond acceptors (Lipinski definition) is 3. The fraction of sp³-hybridized carbons (Fsp3) is 0.786. The van der Waals surface area contributed by atoms with Crippen LogP contribution in [-0.4, -0.2) is 37.1 Å². The van der Waals surface area contributed by atoms with Crippen LogP contribution in [0, 0.1) is 5.92 Å². The zero-order valence-electron chi connectivity index (χ0n) is 10.9. The first-order valence-corrected chi connectivity index (χ1v) is 6.71. The molecule has 0 N–H and O–H groups in total. The van der Waals surface area contributed by atoms with Gasteiger partial charge >= 0.3 is 5.97 Å². The highest BCUT2D eigenvalue weighted by Gasteiger charge is 2.34. The minimum Gasteiger partial charge on any atom is -0.466 e. The van der Waals surface area contributed by atoms with E-state index in [0.717, 1.165) is 24.1 Å². The second-order valence-electron chi connectivity index (χ2n) is 5.27. The second kappa shape index (κ2) is 5.67. The summed E-state index contributed by atoms with van der Waals surface area (Å²) in [6.45, 7) is 3.93. The van der Waals surface area contributed by atoms with Gasteiger partial charge in [-0.2, -0.15) is 0 Å². The number of hydrogen-bond donors (Lipinski definition) is 0. The fourth-order valence-corrected chi connectivity index (χ4v) is 3.28. The number of nitrogens with zero attached hydrogens (tertiary/aromatic N) is 1. The third kappa shape index (κ3) is 2.89. The van der Waals surface area contributed by atoms with E-state index >= 15 is 0 Å². The molecular weight excluding hydrogens is 214 g/mol. The third-order valence-electron chi connectivity index (χ3n) is 4.25. The summed E-state index contributed by atoms with van der Waals surface area (Å²) in [4.78, 5) is 13.9. The average molecular weight is 237 g/mol. The molecule has 0 aromatic heterocycles. The Balaban J connectivity index is 1.92. The van der Waals surface area contributed by atoms with Crippen molar-refractivity contribution >= 4 is 5.97 Å². The second-order valence-corrected chi connectivity index (χ2v) is 5.27. The van der Waals surface area contributed by atoms with Crippen LogP contribution >= 0.6 is 0 Å². The number of esters is 1. The Morgan fingerprint density at radius 3 is 2.88 bits per heavy atom.